The summed E-state index contributed by atoms with van der Waals surface area (Å²) in [6.45, 7) is 15.4. The van der Waals surface area contributed by atoms with Gasteiger partial charge in [-0.2, -0.15) is 0 Å². The third kappa shape index (κ3) is 7.47. The van der Waals surface area contributed by atoms with Gasteiger partial charge in [0.15, 0.2) is 8.32 Å². The normalized spacial score (nSPS) is 13.7. The summed E-state index contributed by atoms with van der Waals surface area (Å²) in [6.07, 6.45) is 2.96. The van der Waals surface area contributed by atoms with Gasteiger partial charge >= 0.3 is 0 Å². The highest BCUT2D eigenvalue weighted by molar-refractivity contribution is 6.74. The smallest absolute Gasteiger partial charge is 0.191 e. The highest BCUT2D eigenvalue weighted by Crippen LogP contribution is 2.38. The van der Waals surface area contributed by atoms with Crippen molar-refractivity contribution in [3.05, 3.63) is 95.6 Å². The van der Waals surface area contributed by atoms with Crippen LogP contribution in [-0.4, -0.2) is 33.2 Å². The summed E-state index contributed by atoms with van der Waals surface area (Å²) >= 11 is 0. The van der Waals surface area contributed by atoms with Gasteiger partial charge < -0.3 is 19.0 Å². The average Bonchev–Trinajstić information content (AvgIpc) is 2.89. The molecule has 0 heterocycles. The Balaban J connectivity index is 1.70. The lowest BCUT2D eigenvalue weighted by Crippen LogP contribution is -2.41. The molecule has 1 N–H and O–H groups in total. The minimum absolute atomic E-state index is 0.210. The quantitative estimate of drug-likeness (QED) is 0.141. The van der Waals surface area contributed by atoms with Crippen LogP contribution < -0.4 is 9.47 Å². The highest BCUT2D eigenvalue weighted by Gasteiger charge is 2.37. The van der Waals surface area contributed by atoms with Crippen molar-refractivity contribution in [3.8, 4) is 11.5 Å². The zero-order valence-electron chi connectivity index (χ0n) is 23.4. The fourth-order valence-corrected chi connectivity index (χ4v) is 4.98. The van der Waals surface area contributed by atoms with Crippen LogP contribution in [0.2, 0.25) is 18.1 Å². The van der Waals surface area contributed by atoms with Crippen LogP contribution in [-0.2, 0) is 10.0 Å². The molecule has 0 radical (unpaired) electrons. The molecular weight excluding hydrogens is 476 g/mol. The number of rotatable bonds is 13. The molecule has 0 aromatic heterocycles. The van der Waals surface area contributed by atoms with Gasteiger partial charge in [0.1, 0.15) is 17.1 Å². The molecular formula is C32H44O4Si. The van der Waals surface area contributed by atoms with Crippen molar-refractivity contribution < 1.29 is 19.0 Å². The number of aliphatic hydroxyl groups is 1. The molecule has 4 nitrogen and oxygen atoms in total. The molecule has 3 rings (SSSR count). The number of hydrogen-bond donors (Lipinski definition) is 1. The Labute approximate surface area is 224 Å². The average molecular weight is 521 g/mol. The number of hydrogen-bond acceptors (Lipinski definition) is 4. The summed E-state index contributed by atoms with van der Waals surface area (Å²) in [5.41, 5.74) is 1.09. The van der Waals surface area contributed by atoms with Crippen LogP contribution in [0.15, 0.2) is 78.9 Å². The van der Waals surface area contributed by atoms with E-state index in [1.807, 2.05) is 78.9 Å². The third-order valence-electron chi connectivity index (χ3n) is 7.33. The summed E-state index contributed by atoms with van der Waals surface area (Å²) in [5.74, 6) is 1.60. The van der Waals surface area contributed by atoms with Gasteiger partial charge in [-0.25, -0.2) is 0 Å². The molecule has 37 heavy (non-hydrogen) atoms. The van der Waals surface area contributed by atoms with Crippen molar-refractivity contribution in [1.82, 2.24) is 0 Å². The Kier molecular flexibility index (Phi) is 9.99. The van der Waals surface area contributed by atoms with E-state index in [1.54, 1.807) is 0 Å². The minimum Gasteiger partial charge on any atom is -0.494 e. The van der Waals surface area contributed by atoms with E-state index in [2.05, 4.69) is 40.8 Å². The van der Waals surface area contributed by atoms with Gasteiger partial charge in [0.2, 0.25) is 0 Å². The summed E-state index contributed by atoms with van der Waals surface area (Å²) in [6, 6.07) is 25.3. The second-order valence-electron chi connectivity index (χ2n) is 11.1. The van der Waals surface area contributed by atoms with Crippen molar-refractivity contribution >= 4 is 8.32 Å². The highest BCUT2D eigenvalue weighted by atomic mass is 28.4. The second kappa shape index (κ2) is 12.8. The minimum atomic E-state index is -1.73. The summed E-state index contributed by atoms with van der Waals surface area (Å²) in [5, 5.41) is 12.3. The van der Waals surface area contributed by atoms with Crippen molar-refractivity contribution in [2.45, 2.75) is 70.7 Å². The molecule has 200 valence electrons. The van der Waals surface area contributed by atoms with Gasteiger partial charge in [0.25, 0.3) is 0 Å². The van der Waals surface area contributed by atoms with E-state index in [4.69, 9.17) is 13.9 Å². The van der Waals surface area contributed by atoms with Gasteiger partial charge in [-0.15, -0.1) is 0 Å². The zero-order valence-corrected chi connectivity index (χ0v) is 24.4. The molecule has 5 heteroatoms. The Morgan fingerprint density at radius 2 is 1.11 bits per heavy atom. The molecule has 1 atom stereocenters. The van der Waals surface area contributed by atoms with Crippen LogP contribution >= 0.6 is 0 Å². The van der Waals surface area contributed by atoms with E-state index in [1.165, 1.54) is 0 Å². The van der Waals surface area contributed by atoms with E-state index in [0.717, 1.165) is 47.5 Å². The van der Waals surface area contributed by atoms with Gasteiger partial charge in [-0.1, -0.05) is 88.7 Å². The Morgan fingerprint density at radius 1 is 0.649 bits per heavy atom. The zero-order chi connectivity index (χ0) is 26.9. The van der Waals surface area contributed by atoms with Gasteiger partial charge in [-0.05, 0) is 65.5 Å². The lowest BCUT2D eigenvalue weighted by molar-refractivity contribution is 0.125. The van der Waals surface area contributed by atoms with Gasteiger partial charge in [0, 0.05) is 13.0 Å². The third-order valence-corrected chi connectivity index (χ3v) is 11.9. The van der Waals surface area contributed by atoms with Crippen molar-refractivity contribution in [2.75, 3.05) is 19.8 Å². The SMILES string of the molecule is CCCCOc1ccc(C(O)(c2ccccc2)c2ccc(OCCCO[Si](C)(C)C(C)(C)C)cc2)cc1. The van der Waals surface area contributed by atoms with E-state index in [0.29, 0.717) is 19.8 Å². The molecule has 3 aromatic rings. The van der Waals surface area contributed by atoms with Crippen LogP contribution in [0.4, 0.5) is 0 Å². The van der Waals surface area contributed by atoms with Gasteiger partial charge in [-0.3, -0.25) is 0 Å². The molecule has 0 bridgehead atoms. The first-order chi connectivity index (χ1) is 17.6. The maximum absolute atomic E-state index is 12.1. The Hall–Kier alpha value is -2.60. The molecule has 3 aromatic carbocycles. The Bertz CT molecular complexity index is 1070. The molecule has 0 aliphatic rings. The van der Waals surface area contributed by atoms with Crippen LogP contribution in [0.25, 0.3) is 0 Å². The number of unbranched alkanes of at least 4 members (excludes halogenated alkanes) is 1. The molecule has 0 spiro atoms. The van der Waals surface area contributed by atoms with Gasteiger partial charge in [0.05, 0.1) is 13.2 Å². The number of ether oxygens (including phenoxy) is 2. The predicted molar refractivity (Wildman–Crippen MR) is 155 cm³/mol. The number of benzene rings is 3. The van der Waals surface area contributed by atoms with E-state index < -0.39 is 13.9 Å². The lowest BCUT2D eigenvalue weighted by Gasteiger charge is -2.36. The molecule has 1 unspecified atom stereocenters. The topological polar surface area (TPSA) is 47.9 Å². The first kappa shape index (κ1) is 29.0. The largest absolute Gasteiger partial charge is 0.494 e. The van der Waals surface area contributed by atoms with Crippen molar-refractivity contribution in [1.29, 1.82) is 0 Å². The Morgan fingerprint density at radius 3 is 1.57 bits per heavy atom. The fraction of sp³-hybridized carbons (Fsp3) is 0.438. The van der Waals surface area contributed by atoms with Crippen LogP contribution in [0, 0.1) is 0 Å². The monoisotopic (exact) mass is 520 g/mol. The van der Waals surface area contributed by atoms with Crippen LogP contribution in [0.5, 0.6) is 11.5 Å². The molecule has 0 aliphatic heterocycles. The summed E-state index contributed by atoms with van der Waals surface area (Å²) in [7, 11) is -1.73. The second-order valence-corrected chi connectivity index (χ2v) is 15.9. The predicted octanol–water partition coefficient (Wildman–Crippen LogP) is 7.94. The maximum Gasteiger partial charge on any atom is 0.191 e. The van der Waals surface area contributed by atoms with Crippen molar-refractivity contribution in [2.24, 2.45) is 0 Å². The first-order valence-electron chi connectivity index (χ1n) is 13.5. The van der Waals surface area contributed by atoms with E-state index in [-0.39, 0.29) is 5.04 Å². The standard InChI is InChI=1S/C32H44O4Si/c1-7-8-23-34-29-19-15-27(16-20-29)32(33,26-13-10-9-11-14-26)28-17-21-30(22-18-28)35-24-12-25-36-37(5,6)31(2,3)4/h9-11,13-22,33H,7-8,12,23-25H2,1-6H3. The first-order valence-corrected chi connectivity index (χ1v) is 16.4. The van der Waals surface area contributed by atoms with Crippen molar-refractivity contribution in [3.63, 3.8) is 0 Å². The molecule has 0 saturated carbocycles. The lowest BCUT2D eigenvalue weighted by atomic mass is 9.80. The van der Waals surface area contributed by atoms with E-state index in [9.17, 15) is 5.11 Å². The maximum atomic E-state index is 12.1. The van der Waals surface area contributed by atoms with E-state index >= 15 is 0 Å². The summed E-state index contributed by atoms with van der Waals surface area (Å²) in [4.78, 5) is 0. The fourth-order valence-electron chi connectivity index (χ4n) is 3.89. The molecule has 0 fully saturated rings. The van der Waals surface area contributed by atoms with Crippen LogP contribution in [0.1, 0.15) is 63.6 Å². The molecule has 0 amide bonds. The molecule has 0 aliphatic carbocycles. The van der Waals surface area contributed by atoms with Crippen LogP contribution in [0.3, 0.4) is 0 Å². The molecule has 0 saturated heterocycles. The summed E-state index contributed by atoms with van der Waals surface area (Å²) < 4.78 is 18.1.